The zero-order chi connectivity index (χ0) is 46.5. The van der Waals surface area contributed by atoms with Crippen molar-refractivity contribution in [1.82, 2.24) is 0 Å². The Morgan fingerprint density at radius 1 is 0.587 bits per heavy atom. The van der Waals surface area contributed by atoms with Crippen molar-refractivity contribution >= 4 is 19.8 Å². The van der Waals surface area contributed by atoms with Gasteiger partial charge in [-0.15, -0.1) is 0 Å². The summed E-state index contributed by atoms with van der Waals surface area (Å²) in [5.74, 6) is -0.976. The van der Waals surface area contributed by atoms with Crippen molar-refractivity contribution in [2.45, 2.75) is 148 Å². The highest BCUT2D eigenvalue weighted by molar-refractivity contribution is 7.47. The molecule has 0 amide bonds. The third kappa shape index (κ3) is 46.2. The molecule has 0 aromatic carbocycles. The fourth-order valence-electron chi connectivity index (χ4n) is 5.40. The largest absolute Gasteiger partial charge is 0.472 e. The zero-order valence-electron chi connectivity index (χ0n) is 39.6. The molecule has 0 saturated carbocycles. The maximum Gasteiger partial charge on any atom is 0.472 e. The first kappa shape index (κ1) is 59.4. The first-order chi connectivity index (χ1) is 30.4. The van der Waals surface area contributed by atoms with Crippen LogP contribution in [-0.2, 0) is 32.7 Å². The van der Waals surface area contributed by atoms with Crippen molar-refractivity contribution in [2.24, 2.45) is 0 Å². The van der Waals surface area contributed by atoms with Gasteiger partial charge in [0, 0.05) is 12.8 Å². The summed E-state index contributed by atoms with van der Waals surface area (Å²) in [5, 5.41) is 10.0. The highest BCUT2D eigenvalue weighted by atomic mass is 31.2. The predicted molar refractivity (Wildman–Crippen MR) is 262 cm³/mol. The summed E-state index contributed by atoms with van der Waals surface area (Å²) < 4.78 is 34.2. The number of ether oxygens (including phenoxy) is 2. The van der Waals surface area contributed by atoms with Crippen LogP contribution < -0.4 is 0 Å². The van der Waals surface area contributed by atoms with E-state index in [9.17, 15) is 24.2 Å². The molecule has 63 heavy (non-hydrogen) atoms. The smallest absolute Gasteiger partial charge is 0.462 e. The molecule has 0 spiro atoms. The van der Waals surface area contributed by atoms with Crippen LogP contribution in [0.4, 0.5) is 0 Å². The monoisotopic (exact) mass is 899 g/mol. The summed E-state index contributed by atoms with van der Waals surface area (Å²) in [6, 6.07) is 0. The fourth-order valence-corrected chi connectivity index (χ4v) is 6.14. The van der Waals surface area contributed by atoms with Gasteiger partial charge in [-0.25, -0.2) is 4.57 Å². The molecule has 0 aliphatic carbocycles. The standard InChI is InChI=1S/C52H84NO9P/c1-6-8-10-12-14-15-16-17-18-19-20-21-22-23-24-28-31-35-39-43-51(55)59-47-50(48-61-63(57,58)60-46-45-53(3,4)5)62-52(56)44-40-36-32-29-26-25-27-30-34-38-42-49(54)41-37-33-13-11-9-7-2/h9,11,14-15,17-18,20-21,23-26,30,32-34,36-38,42,49-50,54H,6-8,10,12-13,16,19,22,27-29,31,35,39-41,43-48H2,1-5H3/p+1/b11-9-,15-14-,18-17-,21-20-,24-23-,26-25-,34-30-,36-32-,37-33-,42-38+/t49?,50-/m1/s1. The number of unbranched alkanes of at least 4 members (excludes halogenated alkanes) is 6. The molecule has 0 radical (unpaired) electrons. The van der Waals surface area contributed by atoms with Gasteiger partial charge < -0.3 is 24.0 Å². The molecule has 0 bridgehead atoms. The third-order valence-corrected chi connectivity index (χ3v) is 10.1. The van der Waals surface area contributed by atoms with Crippen molar-refractivity contribution in [3.05, 3.63) is 122 Å². The molecule has 3 atom stereocenters. The highest BCUT2D eigenvalue weighted by Crippen LogP contribution is 2.43. The van der Waals surface area contributed by atoms with E-state index in [0.717, 1.165) is 57.8 Å². The van der Waals surface area contributed by atoms with E-state index in [1.54, 1.807) is 6.08 Å². The average Bonchev–Trinajstić information content (AvgIpc) is 3.23. The van der Waals surface area contributed by atoms with E-state index in [-0.39, 0.29) is 26.1 Å². The van der Waals surface area contributed by atoms with Crippen LogP contribution in [0, 0.1) is 0 Å². The van der Waals surface area contributed by atoms with Gasteiger partial charge in [0.05, 0.1) is 33.9 Å². The van der Waals surface area contributed by atoms with Crippen LogP contribution in [0.1, 0.15) is 136 Å². The van der Waals surface area contributed by atoms with Crippen molar-refractivity contribution in [3.63, 3.8) is 0 Å². The lowest BCUT2D eigenvalue weighted by atomic mass is 10.1. The number of quaternary nitrogens is 1. The van der Waals surface area contributed by atoms with Crippen LogP contribution in [0.25, 0.3) is 0 Å². The van der Waals surface area contributed by atoms with E-state index in [1.807, 2.05) is 69.8 Å². The second-order valence-corrected chi connectivity index (χ2v) is 17.7. The molecule has 0 aromatic heterocycles. The summed E-state index contributed by atoms with van der Waals surface area (Å²) >= 11 is 0. The molecule has 0 aliphatic heterocycles. The van der Waals surface area contributed by atoms with Gasteiger partial charge >= 0.3 is 19.8 Å². The Bertz CT molecular complexity index is 1500. The summed E-state index contributed by atoms with van der Waals surface area (Å²) in [6.45, 7) is 4.04. The Morgan fingerprint density at radius 3 is 1.71 bits per heavy atom. The number of aliphatic hydroxyl groups excluding tert-OH is 1. The predicted octanol–water partition coefficient (Wildman–Crippen LogP) is 12.7. The van der Waals surface area contributed by atoms with E-state index >= 15 is 0 Å². The number of phosphoric acid groups is 1. The Balaban J connectivity index is 4.60. The number of hydrogen-bond donors (Lipinski definition) is 2. The number of carbonyl (C=O) groups excluding carboxylic acids is 2. The number of carbonyl (C=O) groups is 2. The van der Waals surface area contributed by atoms with Gasteiger partial charge in [0.25, 0.3) is 0 Å². The number of rotatable bonds is 40. The van der Waals surface area contributed by atoms with Gasteiger partial charge in [0.1, 0.15) is 19.8 Å². The van der Waals surface area contributed by atoms with Crippen molar-refractivity contribution < 1.29 is 47.2 Å². The Labute approximate surface area is 382 Å². The van der Waals surface area contributed by atoms with Gasteiger partial charge in [0.15, 0.2) is 6.10 Å². The first-order valence-corrected chi connectivity index (χ1v) is 24.9. The minimum absolute atomic E-state index is 0.00412. The van der Waals surface area contributed by atoms with Crippen LogP contribution in [0.15, 0.2) is 122 Å². The van der Waals surface area contributed by atoms with E-state index in [1.165, 1.54) is 25.7 Å². The molecule has 0 aliphatic rings. The maximum atomic E-state index is 12.7. The zero-order valence-corrected chi connectivity index (χ0v) is 40.5. The summed E-state index contributed by atoms with van der Waals surface area (Å²) in [4.78, 5) is 35.4. The van der Waals surface area contributed by atoms with Gasteiger partial charge in [-0.1, -0.05) is 155 Å². The lowest BCUT2D eigenvalue weighted by Gasteiger charge is -2.24. The Morgan fingerprint density at radius 2 is 1.13 bits per heavy atom. The number of likely N-dealkylation sites (N-methyl/N-ethyl adjacent to an activating group) is 1. The average molecular weight is 899 g/mol. The molecule has 10 nitrogen and oxygen atoms in total. The minimum atomic E-state index is -4.43. The normalized spacial score (nSPS) is 15.1. The topological polar surface area (TPSA) is 129 Å². The highest BCUT2D eigenvalue weighted by Gasteiger charge is 2.27. The van der Waals surface area contributed by atoms with E-state index in [2.05, 4.69) is 80.7 Å². The molecule has 0 rings (SSSR count). The summed E-state index contributed by atoms with van der Waals surface area (Å²) in [7, 11) is 1.36. The first-order valence-electron chi connectivity index (χ1n) is 23.4. The molecule has 0 heterocycles. The van der Waals surface area contributed by atoms with Crippen LogP contribution in [-0.4, -0.2) is 86.1 Å². The number of aliphatic hydroxyl groups is 1. The van der Waals surface area contributed by atoms with Crippen LogP contribution in [0.5, 0.6) is 0 Å². The minimum Gasteiger partial charge on any atom is -0.462 e. The summed E-state index contributed by atoms with van der Waals surface area (Å²) in [5.41, 5.74) is 0. The molecule has 2 N–H and O–H groups in total. The SMILES string of the molecule is CC/C=C\C/C=C\CC(O)/C=C/C=C\C/C=C\C/C=C\CCC(=O)O[C@H](COC(=O)CCCCC/C=C\C/C=C\C/C=C\C/C=C\CCCCC)COP(=O)(O)OCC[N+](C)(C)C. The van der Waals surface area contributed by atoms with E-state index < -0.39 is 38.6 Å². The van der Waals surface area contributed by atoms with Crippen molar-refractivity contribution in [3.8, 4) is 0 Å². The molecule has 2 unspecified atom stereocenters. The molecule has 0 saturated heterocycles. The molecular formula is C52H85NO9P+. The van der Waals surface area contributed by atoms with E-state index in [0.29, 0.717) is 36.7 Å². The molecule has 11 heteroatoms. The van der Waals surface area contributed by atoms with Gasteiger partial charge in [-0.05, 0) is 89.9 Å². The van der Waals surface area contributed by atoms with Crippen molar-refractivity contribution in [1.29, 1.82) is 0 Å². The lowest BCUT2D eigenvalue weighted by Crippen LogP contribution is -2.37. The molecular weight excluding hydrogens is 814 g/mol. The summed E-state index contributed by atoms with van der Waals surface area (Å²) in [6.07, 6.45) is 55.8. The molecule has 0 fully saturated rings. The molecule has 356 valence electrons. The van der Waals surface area contributed by atoms with Gasteiger partial charge in [-0.3, -0.25) is 18.6 Å². The third-order valence-electron chi connectivity index (χ3n) is 9.07. The molecule has 0 aromatic rings. The van der Waals surface area contributed by atoms with Gasteiger partial charge in [0.2, 0.25) is 0 Å². The number of esters is 2. The maximum absolute atomic E-state index is 12.7. The number of hydrogen-bond acceptors (Lipinski definition) is 8. The van der Waals surface area contributed by atoms with Crippen LogP contribution in [0.3, 0.4) is 0 Å². The number of phosphoric ester groups is 1. The number of nitrogens with zero attached hydrogens (tertiary/aromatic N) is 1. The number of allylic oxidation sites excluding steroid dienone is 18. The van der Waals surface area contributed by atoms with Crippen LogP contribution >= 0.6 is 7.82 Å². The second kappa shape index (κ2) is 42.3. The fraction of sp³-hybridized carbons (Fsp3) is 0.577. The second-order valence-electron chi connectivity index (χ2n) is 16.2. The Kier molecular flexibility index (Phi) is 39.9. The quantitative estimate of drug-likeness (QED) is 0.0154. The van der Waals surface area contributed by atoms with Gasteiger partial charge in [-0.2, -0.15) is 0 Å². The van der Waals surface area contributed by atoms with Crippen LogP contribution in [0.2, 0.25) is 0 Å². The lowest BCUT2D eigenvalue weighted by molar-refractivity contribution is -0.870. The Hall–Kier alpha value is -3.63. The van der Waals surface area contributed by atoms with E-state index in [4.69, 9.17) is 18.5 Å². The van der Waals surface area contributed by atoms with Crippen molar-refractivity contribution in [2.75, 3.05) is 47.5 Å².